The van der Waals surface area contributed by atoms with Gasteiger partial charge in [0, 0.05) is 29.4 Å². The van der Waals surface area contributed by atoms with Crippen LogP contribution in [0.25, 0.3) is 22.2 Å². The molecule has 0 saturated heterocycles. The average Bonchev–Trinajstić information content (AvgIpc) is 3.29. The molecule has 0 aliphatic rings. The third-order valence-corrected chi connectivity index (χ3v) is 4.33. The molecule has 7 nitrogen and oxygen atoms in total. The number of rotatable bonds is 6. The Labute approximate surface area is 154 Å². The number of aromatic nitrogens is 2. The molecule has 3 aromatic heterocycles. The van der Waals surface area contributed by atoms with Crippen molar-refractivity contribution in [1.29, 1.82) is 0 Å². The van der Waals surface area contributed by atoms with E-state index in [2.05, 4.69) is 10.1 Å². The molecule has 7 heteroatoms. The Morgan fingerprint density at radius 1 is 1.19 bits per heavy atom. The van der Waals surface area contributed by atoms with E-state index in [0.717, 1.165) is 10.9 Å². The minimum absolute atomic E-state index is 0.270. The van der Waals surface area contributed by atoms with Gasteiger partial charge in [-0.15, -0.1) is 0 Å². The van der Waals surface area contributed by atoms with Crippen LogP contribution in [-0.2, 0) is 11.3 Å². The van der Waals surface area contributed by atoms with Crippen molar-refractivity contribution in [2.45, 2.75) is 12.6 Å². The van der Waals surface area contributed by atoms with Crippen LogP contribution < -0.4 is 0 Å². The predicted molar refractivity (Wildman–Crippen MR) is 97.8 cm³/mol. The van der Waals surface area contributed by atoms with E-state index in [1.165, 1.54) is 0 Å². The number of furan rings is 1. The van der Waals surface area contributed by atoms with Gasteiger partial charge in [0.25, 0.3) is 0 Å². The van der Waals surface area contributed by atoms with Gasteiger partial charge < -0.3 is 14.0 Å². The number of pyridine rings is 1. The van der Waals surface area contributed by atoms with Crippen LogP contribution in [0, 0.1) is 0 Å². The fourth-order valence-electron chi connectivity index (χ4n) is 3.05. The zero-order chi connectivity index (χ0) is 18.8. The highest BCUT2D eigenvalue weighted by Crippen LogP contribution is 2.29. The Morgan fingerprint density at radius 3 is 2.70 bits per heavy atom. The molecule has 0 aliphatic heterocycles. The number of carboxylic acids is 1. The van der Waals surface area contributed by atoms with Crippen LogP contribution in [0.1, 0.15) is 17.6 Å². The van der Waals surface area contributed by atoms with Gasteiger partial charge in [0.2, 0.25) is 0 Å². The van der Waals surface area contributed by atoms with Crippen molar-refractivity contribution in [1.82, 2.24) is 15.0 Å². The van der Waals surface area contributed by atoms with Crippen LogP contribution >= 0.6 is 0 Å². The molecule has 0 spiro atoms. The minimum atomic E-state index is -0.995. The van der Waals surface area contributed by atoms with Crippen molar-refractivity contribution in [3.8, 4) is 11.3 Å². The first kappa shape index (κ1) is 17.0. The number of hydrogen-bond acceptors (Lipinski definition) is 6. The van der Waals surface area contributed by atoms with Crippen molar-refractivity contribution in [2.75, 3.05) is 7.05 Å². The van der Waals surface area contributed by atoms with E-state index >= 15 is 0 Å². The third kappa shape index (κ3) is 3.45. The average molecular weight is 363 g/mol. The van der Waals surface area contributed by atoms with Crippen LogP contribution in [0.5, 0.6) is 0 Å². The molecule has 0 bridgehead atoms. The van der Waals surface area contributed by atoms with Crippen LogP contribution in [0.2, 0.25) is 0 Å². The Hall–Kier alpha value is -3.45. The van der Waals surface area contributed by atoms with Crippen molar-refractivity contribution < 1.29 is 18.8 Å². The number of carbonyl (C=O) groups is 1. The molecule has 1 N–H and O–H groups in total. The Bertz CT molecular complexity index is 1040. The molecular formula is C20H17N3O4. The van der Waals surface area contributed by atoms with Gasteiger partial charge in [-0.05, 0) is 31.3 Å². The first-order chi connectivity index (χ1) is 13.1. The van der Waals surface area contributed by atoms with E-state index in [4.69, 9.17) is 8.94 Å². The summed E-state index contributed by atoms with van der Waals surface area (Å²) < 4.78 is 11.1. The molecule has 0 amide bonds. The highest BCUT2D eigenvalue weighted by molar-refractivity contribution is 5.81. The van der Waals surface area contributed by atoms with E-state index in [0.29, 0.717) is 22.8 Å². The van der Waals surface area contributed by atoms with Gasteiger partial charge in [0.05, 0.1) is 6.54 Å². The number of nitrogens with zero attached hydrogens (tertiary/aromatic N) is 3. The zero-order valence-corrected chi connectivity index (χ0v) is 14.6. The summed E-state index contributed by atoms with van der Waals surface area (Å²) in [6.45, 7) is 0.270. The molecule has 4 rings (SSSR count). The van der Waals surface area contributed by atoms with E-state index < -0.39 is 12.0 Å². The SMILES string of the molecule is CN(Cc1cc(-c2ccncc2)no1)[C@@H](C(=O)O)c1cc2ccccc2o1. The van der Waals surface area contributed by atoms with E-state index in [1.54, 1.807) is 36.5 Å². The predicted octanol–water partition coefficient (Wildman–Crippen LogP) is 3.74. The number of hydrogen-bond donors (Lipinski definition) is 1. The van der Waals surface area contributed by atoms with Gasteiger partial charge in [-0.25, -0.2) is 0 Å². The van der Waals surface area contributed by atoms with E-state index in [9.17, 15) is 9.90 Å². The zero-order valence-electron chi connectivity index (χ0n) is 14.6. The van der Waals surface area contributed by atoms with Gasteiger partial charge >= 0.3 is 5.97 Å². The molecule has 0 aliphatic carbocycles. The normalized spacial score (nSPS) is 12.5. The first-order valence-corrected chi connectivity index (χ1v) is 8.39. The Kier molecular flexibility index (Phi) is 4.43. The molecule has 1 atom stereocenters. The molecule has 0 saturated carbocycles. The van der Waals surface area contributed by atoms with Crippen molar-refractivity contribution in [3.05, 3.63) is 72.4 Å². The third-order valence-electron chi connectivity index (χ3n) is 4.33. The van der Waals surface area contributed by atoms with Gasteiger partial charge in [-0.2, -0.15) is 0 Å². The van der Waals surface area contributed by atoms with E-state index in [1.807, 2.05) is 36.4 Å². The quantitative estimate of drug-likeness (QED) is 0.558. The maximum atomic E-state index is 11.9. The maximum Gasteiger partial charge on any atom is 0.328 e. The summed E-state index contributed by atoms with van der Waals surface area (Å²) in [5, 5.41) is 14.6. The lowest BCUT2D eigenvalue weighted by Crippen LogP contribution is -2.30. The maximum absolute atomic E-state index is 11.9. The number of likely N-dealkylation sites (N-methyl/N-ethyl adjacent to an activating group) is 1. The molecule has 3 heterocycles. The Morgan fingerprint density at radius 2 is 1.96 bits per heavy atom. The first-order valence-electron chi connectivity index (χ1n) is 8.39. The summed E-state index contributed by atoms with van der Waals surface area (Å²) in [5.74, 6) is -0.0582. The molecule has 4 aromatic rings. The lowest BCUT2D eigenvalue weighted by molar-refractivity contribution is -0.144. The standard InChI is InChI=1S/C20H17N3O4/c1-23(12-15-11-16(22-27-15)13-6-8-21-9-7-13)19(20(24)25)18-10-14-4-2-3-5-17(14)26-18/h2-11,19H,12H2,1H3,(H,24,25)/t19-/m1/s1. The van der Waals surface area contributed by atoms with Gasteiger partial charge in [-0.1, -0.05) is 23.4 Å². The fourth-order valence-corrected chi connectivity index (χ4v) is 3.05. The monoisotopic (exact) mass is 363 g/mol. The number of aliphatic carboxylic acids is 1. The summed E-state index contributed by atoms with van der Waals surface area (Å²) in [6.07, 6.45) is 3.36. The summed E-state index contributed by atoms with van der Waals surface area (Å²) >= 11 is 0. The van der Waals surface area contributed by atoms with Crippen molar-refractivity contribution in [2.24, 2.45) is 0 Å². The van der Waals surface area contributed by atoms with E-state index in [-0.39, 0.29) is 6.54 Å². The second-order valence-corrected chi connectivity index (χ2v) is 6.26. The second-order valence-electron chi connectivity index (χ2n) is 6.26. The highest BCUT2D eigenvalue weighted by Gasteiger charge is 2.29. The molecule has 136 valence electrons. The van der Waals surface area contributed by atoms with Crippen molar-refractivity contribution in [3.63, 3.8) is 0 Å². The lowest BCUT2D eigenvalue weighted by Gasteiger charge is -2.21. The van der Waals surface area contributed by atoms with Crippen LogP contribution in [-0.4, -0.2) is 33.2 Å². The van der Waals surface area contributed by atoms with Crippen LogP contribution in [0.4, 0.5) is 0 Å². The smallest absolute Gasteiger partial charge is 0.328 e. The summed E-state index contributed by atoms with van der Waals surface area (Å²) in [5.41, 5.74) is 2.22. The molecule has 0 fully saturated rings. The minimum Gasteiger partial charge on any atom is -0.480 e. The molecule has 0 unspecified atom stereocenters. The molecular weight excluding hydrogens is 346 g/mol. The lowest BCUT2D eigenvalue weighted by atomic mass is 10.1. The van der Waals surface area contributed by atoms with Crippen molar-refractivity contribution >= 4 is 16.9 Å². The fraction of sp³-hybridized carbons (Fsp3) is 0.150. The topological polar surface area (TPSA) is 92.6 Å². The molecule has 0 radical (unpaired) electrons. The second kappa shape index (κ2) is 7.05. The highest BCUT2D eigenvalue weighted by atomic mass is 16.5. The number of carboxylic acid groups (broad SMARTS) is 1. The van der Waals surface area contributed by atoms with Gasteiger partial charge in [0.15, 0.2) is 11.8 Å². The van der Waals surface area contributed by atoms with Gasteiger partial charge in [0.1, 0.15) is 17.0 Å². The number of para-hydroxylation sites is 1. The molecule has 27 heavy (non-hydrogen) atoms. The Balaban J connectivity index is 1.57. The van der Waals surface area contributed by atoms with Crippen LogP contribution in [0.3, 0.4) is 0 Å². The van der Waals surface area contributed by atoms with Crippen LogP contribution in [0.15, 0.2) is 69.9 Å². The molecule has 1 aromatic carbocycles. The summed E-state index contributed by atoms with van der Waals surface area (Å²) in [6, 6.07) is 13.7. The largest absolute Gasteiger partial charge is 0.480 e. The number of benzene rings is 1. The number of fused-ring (bicyclic) bond motifs is 1. The van der Waals surface area contributed by atoms with Gasteiger partial charge in [-0.3, -0.25) is 14.7 Å². The summed E-state index contributed by atoms with van der Waals surface area (Å²) in [4.78, 5) is 17.5. The summed E-state index contributed by atoms with van der Waals surface area (Å²) in [7, 11) is 1.71.